The van der Waals surface area contributed by atoms with Gasteiger partial charge in [-0.3, -0.25) is 0 Å². The number of rotatable bonds is 4. The van der Waals surface area contributed by atoms with E-state index in [1.54, 1.807) is 13.0 Å². The highest BCUT2D eigenvalue weighted by molar-refractivity contribution is 5.89. The molecule has 0 aliphatic carbocycles. The third kappa shape index (κ3) is 2.83. The third-order valence-corrected chi connectivity index (χ3v) is 3.05. The molecular formula is C12H20O4. The SMILES string of the molecule is C/C=C(\C(=O)OC)[C@H]1CC[C@@H]([C@@H](C)CO)O1. The lowest BCUT2D eigenvalue weighted by Crippen LogP contribution is -2.24. The highest BCUT2D eigenvalue weighted by Gasteiger charge is 2.33. The van der Waals surface area contributed by atoms with Crippen molar-refractivity contribution in [3.63, 3.8) is 0 Å². The van der Waals surface area contributed by atoms with Crippen LogP contribution < -0.4 is 0 Å². The summed E-state index contributed by atoms with van der Waals surface area (Å²) < 4.78 is 10.5. The molecule has 1 fully saturated rings. The Balaban J connectivity index is 2.61. The predicted octanol–water partition coefficient (Wildman–Crippen LogP) is 1.28. The van der Waals surface area contributed by atoms with Crippen molar-refractivity contribution in [2.24, 2.45) is 5.92 Å². The van der Waals surface area contributed by atoms with Gasteiger partial charge in [0, 0.05) is 12.5 Å². The van der Waals surface area contributed by atoms with E-state index in [4.69, 9.17) is 14.6 Å². The first-order chi connectivity index (χ1) is 7.63. The zero-order chi connectivity index (χ0) is 12.1. The van der Waals surface area contributed by atoms with Crippen molar-refractivity contribution in [1.82, 2.24) is 0 Å². The van der Waals surface area contributed by atoms with E-state index in [2.05, 4.69) is 0 Å². The van der Waals surface area contributed by atoms with E-state index in [1.165, 1.54) is 7.11 Å². The number of hydrogen-bond donors (Lipinski definition) is 1. The molecule has 0 unspecified atom stereocenters. The van der Waals surface area contributed by atoms with Crippen molar-refractivity contribution in [3.8, 4) is 0 Å². The summed E-state index contributed by atoms with van der Waals surface area (Å²) in [6, 6.07) is 0. The first kappa shape index (κ1) is 13.2. The van der Waals surface area contributed by atoms with Crippen LogP contribution >= 0.6 is 0 Å². The van der Waals surface area contributed by atoms with Crippen LogP contribution in [0.25, 0.3) is 0 Å². The number of aliphatic hydroxyl groups excluding tert-OH is 1. The van der Waals surface area contributed by atoms with E-state index in [9.17, 15) is 4.79 Å². The molecule has 92 valence electrons. The summed E-state index contributed by atoms with van der Waals surface area (Å²) in [6.07, 6.45) is 3.28. The summed E-state index contributed by atoms with van der Waals surface area (Å²) in [5.74, 6) is -0.217. The summed E-state index contributed by atoms with van der Waals surface area (Å²) >= 11 is 0. The summed E-state index contributed by atoms with van der Waals surface area (Å²) in [5.41, 5.74) is 0.579. The molecule has 1 saturated heterocycles. The third-order valence-electron chi connectivity index (χ3n) is 3.05. The fraction of sp³-hybridized carbons (Fsp3) is 0.750. The minimum atomic E-state index is -0.329. The predicted molar refractivity (Wildman–Crippen MR) is 59.9 cm³/mol. The average Bonchev–Trinajstić information content (AvgIpc) is 2.78. The molecule has 3 atom stereocenters. The number of carbonyl (C=O) groups is 1. The molecule has 0 bridgehead atoms. The van der Waals surface area contributed by atoms with Gasteiger partial charge in [0.25, 0.3) is 0 Å². The number of carbonyl (C=O) groups excluding carboxylic acids is 1. The molecule has 0 amide bonds. The molecule has 16 heavy (non-hydrogen) atoms. The smallest absolute Gasteiger partial charge is 0.336 e. The van der Waals surface area contributed by atoms with Gasteiger partial charge in [-0.25, -0.2) is 4.79 Å². The Morgan fingerprint density at radius 3 is 2.81 bits per heavy atom. The second-order valence-corrected chi connectivity index (χ2v) is 4.14. The fourth-order valence-electron chi connectivity index (χ4n) is 1.98. The van der Waals surface area contributed by atoms with Gasteiger partial charge in [-0.05, 0) is 19.8 Å². The van der Waals surface area contributed by atoms with Gasteiger partial charge in [0.15, 0.2) is 0 Å². The van der Waals surface area contributed by atoms with Crippen LogP contribution in [0.1, 0.15) is 26.7 Å². The van der Waals surface area contributed by atoms with Gasteiger partial charge in [0.1, 0.15) is 0 Å². The monoisotopic (exact) mass is 228 g/mol. The van der Waals surface area contributed by atoms with Crippen molar-refractivity contribution < 1.29 is 19.4 Å². The Morgan fingerprint density at radius 2 is 2.31 bits per heavy atom. The van der Waals surface area contributed by atoms with E-state index in [0.717, 1.165) is 12.8 Å². The summed E-state index contributed by atoms with van der Waals surface area (Å²) in [4.78, 5) is 11.5. The van der Waals surface area contributed by atoms with Gasteiger partial charge in [-0.2, -0.15) is 0 Å². The summed E-state index contributed by atoms with van der Waals surface area (Å²) in [5, 5.41) is 9.05. The molecule has 0 radical (unpaired) electrons. The molecule has 4 nitrogen and oxygen atoms in total. The Bertz CT molecular complexity index is 272. The molecule has 4 heteroatoms. The zero-order valence-corrected chi connectivity index (χ0v) is 10.1. The molecule has 0 aromatic heterocycles. The van der Waals surface area contributed by atoms with E-state index >= 15 is 0 Å². The Morgan fingerprint density at radius 1 is 1.62 bits per heavy atom. The van der Waals surface area contributed by atoms with Crippen LogP contribution in [-0.2, 0) is 14.3 Å². The first-order valence-electron chi connectivity index (χ1n) is 5.64. The number of methoxy groups -OCH3 is 1. The van der Waals surface area contributed by atoms with Crippen LogP contribution in [0.4, 0.5) is 0 Å². The molecule has 1 aliphatic heterocycles. The molecule has 0 saturated carbocycles. The van der Waals surface area contributed by atoms with E-state index < -0.39 is 0 Å². The normalized spacial score (nSPS) is 27.9. The van der Waals surface area contributed by atoms with Crippen molar-refractivity contribution in [2.75, 3.05) is 13.7 Å². The van der Waals surface area contributed by atoms with Gasteiger partial charge >= 0.3 is 5.97 Å². The largest absolute Gasteiger partial charge is 0.466 e. The molecule has 1 N–H and O–H groups in total. The Hall–Kier alpha value is -0.870. The quantitative estimate of drug-likeness (QED) is 0.581. The number of allylic oxidation sites excluding steroid dienone is 1. The van der Waals surface area contributed by atoms with Crippen LogP contribution in [0.2, 0.25) is 0 Å². The number of aliphatic hydroxyl groups is 1. The highest BCUT2D eigenvalue weighted by Crippen LogP contribution is 2.29. The lowest BCUT2D eigenvalue weighted by Gasteiger charge is -2.19. The van der Waals surface area contributed by atoms with Crippen LogP contribution in [-0.4, -0.2) is 37.0 Å². The van der Waals surface area contributed by atoms with Gasteiger partial charge in [0.05, 0.1) is 24.9 Å². The lowest BCUT2D eigenvalue weighted by atomic mass is 10.0. The molecule has 0 aromatic carbocycles. The zero-order valence-electron chi connectivity index (χ0n) is 10.1. The maximum absolute atomic E-state index is 11.5. The minimum Gasteiger partial charge on any atom is -0.466 e. The molecular weight excluding hydrogens is 208 g/mol. The minimum absolute atomic E-state index is 0.0367. The summed E-state index contributed by atoms with van der Waals surface area (Å²) in [7, 11) is 1.37. The Labute approximate surface area is 96.2 Å². The number of ether oxygens (including phenoxy) is 2. The molecule has 1 aliphatic rings. The van der Waals surface area contributed by atoms with E-state index in [1.807, 2.05) is 6.92 Å². The van der Waals surface area contributed by atoms with Crippen molar-refractivity contribution in [2.45, 2.75) is 38.9 Å². The van der Waals surface area contributed by atoms with Crippen molar-refractivity contribution in [1.29, 1.82) is 0 Å². The second kappa shape index (κ2) is 6.01. The van der Waals surface area contributed by atoms with Gasteiger partial charge in [-0.15, -0.1) is 0 Å². The maximum Gasteiger partial charge on any atom is 0.336 e. The number of esters is 1. The van der Waals surface area contributed by atoms with Crippen molar-refractivity contribution in [3.05, 3.63) is 11.6 Å². The van der Waals surface area contributed by atoms with E-state index in [-0.39, 0.29) is 30.7 Å². The summed E-state index contributed by atoms with van der Waals surface area (Å²) in [6.45, 7) is 3.86. The van der Waals surface area contributed by atoms with Crippen LogP contribution in [0.3, 0.4) is 0 Å². The second-order valence-electron chi connectivity index (χ2n) is 4.14. The molecule has 0 aromatic rings. The van der Waals surface area contributed by atoms with Crippen LogP contribution in [0.15, 0.2) is 11.6 Å². The first-order valence-corrected chi connectivity index (χ1v) is 5.64. The topological polar surface area (TPSA) is 55.8 Å². The van der Waals surface area contributed by atoms with Gasteiger partial charge in [0.2, 0.25) is 0 Å². The van der Waals surface area contributed by atoms with E-state index in [0.29, 0.717) is 5.57 Å². The molecule has 0 spiro atoms. The molecule has 1 rings (SSSR count). The number of hydrogen-bond acceptors (Lipinski definition) is 4. The average molecular weight is 228 g/mol. The maximum atomic E-state index is 11.5. The van der Waals surface area contributed by atoms with Crippen LogP contribution in [0.5, 0.6) is 0 Å². The highest BCUT2D eigenvalue weighted by atomic mass is 16.5. The standard InChI is InChI=1S/C12H20O4/c1-4-9(12(14)15-3)11-6-5-10(16-11)8(2)7-13/h4,8,10-11,13H,5-7H2,1-3H3/b9-4-/t8-,10-,11+/m0/s1. The Kier molecular flexibility index (Phi) is 4.96. The fourth-order valence-corrected chi connectivity index (χ4v) is 1.98. The van der Waals surface area contributed by atoms with Gasteiger partial charge < -0.3 is 14.6 Å². The van der Waals surface area contributed by atoms with Crippen LogP contribution in [0, 0.1) is 5.92 Å². The molecule has 1 heterocycles. The lowest BCUT2D eigenvalue weighted by molar-refractivity contribution is -0.137. The van der Waals surface area contributed by atoms with Gasteiger partial charge in [-0.1, -0.05) is 13.0 Å². The van der Waals surface area contributed by atoms with Crippen molar-refractivity contribution >= 4 is 5.97 Å².